The highest BCUT2D eigenvalue weighted by molar-refractivity contribution is 5.38. The number of para-hydroxylation sites is 1. The third kappa shape index (κ3) is 2.25. The summed E-state index contributed by atoms with van der Waals surface area (Å²) in [6, 6.07) is 7.52. The highest BCUT2D eigenvalue weighted by Crippen LogP contribution is 2.27. The number of hydrogen-bond donors (Lipinski definition) is 2. The molecule has 0 aliphatic carbocycles. The van der Waals surface area contributed by atoms with Gasteiger partial charge in [0.05, 0.1) is 18.8 Å². The number of ether oxygens (including phenoxy) is 1. The van der Waals surface area contributed by atoms with Crippen molar-refractivity contribution in [2.75, 3.05) is 13.2 Å². The Labute approximate surface area is 84.5 Å². The molecule has 0 spiro atoms. The van der Waals surface area contributed by atoms with Crippen LogP contribution in [0.3, 0.4) is 0 Å². The zero-order valence-electron chi connectivity index (χ0n) is 8.66. The van der Waals surface area contributed by atoms with Gasteiger partial charge in [-0.3, -0.25) is 0 Å². The van der Waals surface area contributed by atoms with Crippen LogP contribution in [0.4, 0.5) is 0 Å². The Morgan fingerprint density at radius 1 is 1.43 bits per heavy atom. The Morgan fingerprint density at radius 2 is 2.07 bits per heavy atom. The summed E-state index contributed by atoms with van der Waals surface area (Å²) in [4.78, 5) is 0. The average Bonchev–Trinajstić information content (AvgIpc) is 2.19. The summed E-state index contributed by atoms with van der Waals surface area (Å²) in [7, 11) is 0. The fourth-order valence-corrected chi connectivity index (χ4v) is 1.30. The molecule has 0 aromatic heterocycles. The number of rotatable bonds is 4. The number of benzene rings is 1. The number of aliphatic hydroxyl groups is 1. The Bertz CT molecular complexity index is 297. The molecule has 0 aliphatic rings. The number of hydrogen-bond acceptors (Lipinski definition) is 3. The predicted octanol–water partition coefficient (Wildman–Crippen LogP) is 1.25. The molecule has 3 nitrogen and oxygen atoms in total. The van der Waals surface area contributed by atoms with Gasteiger partial charge in [-0.25, -0.2) is 0 Å². The summed E-state index contributed by atoms with van der Waals surface area (Å²) in [6.45, 7) is 4.20. The first-order chi connectivity index (χ1) is 6.61. The second-order valence-electron chi connectivity index (χ2n) is 3.50. The molecule has 78 valence electrons. The van der Waals surface area contributed by atoms with Crippen LogP contribution in [0.15, 0.2) is 24.3 Å². The van der Waals surface area contributed by atoms with Crippen LogP contribution in [-0.2, 0) is 5.54 Å². The van der Waals surface area contributed by atoms with Crippen LogP contribution in [0.5, 0.6) is 5.75 Å². The maximum Gasteiger partial charge on any atom is 0.124 e. The van der Waals surface area contributed by atoms with Gasteiger partial charge in [0.2, 0.25) is 0 Å². The molecule has 1 aromatic carbocycles. The van der Waals surface area contributed by atoms with Crippen LogP contribution in [0, 0.1) is 0 Å². The highest BCUT2D eigenvalue weighted by atomic mass is 16.5. The molecule has 1 rings (SSSR count). The maximum absolute atomic E-state index is 9.16. The minimum atomic E-state index is -0.744. The first-order valence-electron chi connectivity index (χ1n) is 4.74. The number of aliphatic hydroxyl groups excluding tert-OH is 1. The Morgan fingerprint density at radius 3 is 2.64 bits per heavy atom. The topological polar surface area (TPSA) is 55.5 Å². The predicted molar refractivity (Wildman–Crippen MR) is 56.2 cm³/mol. The summed E-state index contributed by atoms with van der Waals surface area (Å²) in [5.74, 6) is 0.744. The van der Waals surface area contributed by atoms with E-state index in [-0.39, 0.29) is 6.61 Å². The first-order valence-corrected chi connectivity index (χ1v) is 4.74. The van der Waals surface area contributed by atoms with Gasteiger partial charge in [-0.15, -0.1) is 0 Å². The van der Waals surface area contributed by atoms with Crippen molar-refractivity contribution in [3.05, 3.63) is 29.8 Å². The highest BCUT2D eigenvalue weighted by Gasteiger charge is 2.23. The van der Waals surface area contributed by atoms with Gasteiger partial charge in [0.15, 0.2) is 0 Å². The van der Waals surface area contributed by atoms with E-state index in [1.165, 1.54) is 0 Å². The summed E-state index contributed by atoms with van der Waals surface area (Å²) in [5.41, 5.74) is 6.03. The van der Waals surface area contributed by atoms with Crippen molar-refractivity contribution in [3.63, 3.8) is 0 Å². The lowest BCUT2D eigenvalue weighted by Gasteiger charge is -2.24. The molecule has 3 heteroatoms. The van der Waals surface area contributed by atoms with Crippen molar-refractivity contribution >= 4 is 0 Å². The molecule has 0 saturated carbocycles. The lowest BCUT2D eigenvalue weighted by Crippen LogP contribution is -2.37. The van der Waals surface area contributed by atoms with Crippen molar-refractivity contribution in [2.24, 2.45) is 5.73 Å². The van der Waals surface area contributed by atoms with Crippen molar-refractivity contribution in [1.82, 2.24) is 0 Å². The summed E-state index contributed by atoms with van der Waals surface area (Å²) in [5, 5.41) is 9.16. The van der Waals surface area contributed by atoms with E-state index >= 15 is 0 Å². The van der Waals surface area contributed by atoms with Crippen molar-refractivity contribution in [3.8, 4) is 5.75 Å². The average molecular weight is 195 g/mol. The smallest absolute Gasteiger partial charge is 0.124 e. The molecule has 0 aliphatic heterocycles. The molecule has 0 amide bonds. The fraction of sp³-hybridized carbons (Fsp3) is 0.455. The standard InChI is InChI=1S/C11H17NO2/c1-3-14-10-7-5-4-6-9(10)11(2,12)8-13/h4-7,13H,3,8,12H2,1-2H3/t11-/m1/s1. The van der Waals surface area contributed by atoms with Crippen molar-refractivity contribution in [1.29, 1.82) is 0 Å². The molecular formula is C11H17NO2. The summed E-state index contributed by atoms with van der Waals surface area (Å²) in [6.07, 6.45) is 0. The molecule has 0 radical (unpaired) electrons. The van der Waals surface area contributed by atoms with Crippen LogP contribution >= 0.6 is 0 Å². The lowest BCUT2D eigenvalue weighted by molar-refractivity contribution is 0.204. The normalized spacial score (nSPS) is 14.9. The quantitative estimate of drug-likeness (QED) is 0.760. The SMILES string of the molecule is CCOc1ccccc1[C@](C)(N)CO. The largest absolute Gasteiger partial charge is 0.494 e. The van der Waals surface area contributed by atoms with E-state index in [4.69, 9.17) is 15.6 Å². The van der Waals surface area contributed by atoms with E-state index in [0.717, 1.165) is 11.3 Å². The zero-order valence-corrected chi connectivity index (χ0v) is 8.66. The first kappa shape index (κ1) is 11.0. The van der Waals surface area contributed by atoms with Crippen molar-refractivity contribution in [2.45, 2.75) is 19.4 Å². The summed E-state index contributed by atoms with van der Waals surface area (Å²) < 4.78 is 5.43. The molecule has 1 atom stereocenters. The van der Waals surface area contributed by atoms with Gasteiger partial charge in [0.1, 0.15) is 5.75 Å². The van der Waals surface area contributed by atoms with E-state index in [1.54, 1.807) is 6.92 Å². The van der Waals surface area contributed by atoms with Gasteiger partial charge in [0.25, 0.3) is 0 Å². The molecule has 0 bridgehead atoms. The monoisotopic (exact) mass is 195 g/mol. The van der Waals surface area contributed by atoms with Gasteiger partial charge in [-0.1, -0.05) is 18.2 Å². The van der Waals surface area contributed by atoms with E-state index in [1.807, 2.05) is 31.2 Å². The molecule has 0 unspecified atom stereocenters. The second-order valence-corrected chi connectivity index (χ2v) is 3.50. The minimum Gasteiger partial charge on any atom is -0.494 e. The Balaban J connectivity index is 3.06. The van der Waals surface area contributed by atoms with Gasteiger partial charge in [-0.2, -0.15) is 0 Å². The molecule has 3 N–H and O–H groups in total. The fourth-order valence-electron chi connectivity index (χ4n) is 1.30. The molecule has 0 fully saturated rings. The lowest BCUT2D eigenvalue weighted by atomic mass is 9.93. The molecule has 14 heavy (non-hydrogen) atoms. The third-order valence-corrected chi connectivity index (χ3v) is 2.13. The van der Waals surface area contributed by atoms with E-state index in [2.05, 4.69) is 0 Å². The van der Waals surface area contributed by atoms with Gasteiger partial charge in [0, 0.05) is 5.56 Å². The van der Waals surface area contributed by atoms with Crippen LogP contribution < -0.4 is 10.5 Å². The third-order valence-electron chi connectivity index (χ3n) is 2.13. The molecule has 0 heterocycles. The van der Waals surface area contributed by atoms with Crippen LogP contribution in [0.1, 0.15) is 19.4 Å². The van der Waals surface area contributed by atoms with E-state index in [9.17, 15) is 0 Å². The van der Waals surface area contributed by atoms with Crippen molar-refractivity contribution < 1.29 is 9.84 Å². The number of nitrogens with two attached hydrogens (primary N) is 1. The van der Waals surface area contributed by atoms with Gasteiger partial charge < -0.3 is 15.6 Å². The Hall–Kier alpha value is -1.06. The summed E-state index contributed by atoms with van der Waals surface area (Å²) >= 11 is 0. The van der Waals surface area contributed by atoms with Crippen LogP contribution in [0.25, 0.3) is 0 Å². The zero-order chi connectivity index (χ0) is 10.6. The molecular weight excluding hydrogens is 178 g/mol. The van der Waals surface area contributed by atoms with Gasteiger partial charge >= 0.3 is 0 Å². The maximum atomic E-state index is 9.16. The Kier molecular flexibility index (Phi) is 3.49. The van der Waals surface area contributed by atoms with Gasteiger partial charge in [-0.05, 0) is 19.9 Å². The van der Waals surface area contributed by atoms with Crippen LogP contribution in [0.2, 0.25) is 0 Å². The molecule has 1 aromatic rings. The second kappa shape index (κ2) is 4.44. The van der Waals surface area contributed by atoms with E-state index in [0.29, 0.717) is 6.61 Å². The van der Waals surface area contributed by atoms with Crippen LogP contribution in [-0.4, -0.2) is 18.3 Å². The van der Waals surface area contributed by atoms with E-state index < -0.39 is 5.54 Å². The minimum absolute atomic E-state index is 0.100. The molecule has 0 saturated heterocycles.